The minimum atomic E-state index is 0. The summed E-state index contributed by atoms with van der Waals surface area (Å²) in [6.45, 7) is 0. The molecule has 2 aromatic rings. The molecule has 0 saturated heterocycles. The average Bonchev–Trinajstić information content (AvgIpc) is 2.38. The Balaban J connectivity index is 0.00000180. The van der Waals surface area contributed by atoms with Gasteiger partial charge in [0, 0.05) is 28.2 Å². The first-order chi connectivity index (χ1) is 8.70. The van der Waals surface area contributed by atoms with Crippen molar-refractivity contribution >= 4 is 52.1 Å². The molecule has 1 heterocycles. The van der Waals surface area contributed by atoms with Crippen LogP contribution in [0.1, 0.15) is 11.3 Å². The Kier molecular flexibility index (Phi) is 6.51. The molecule has 0 bridgehead atoms. The van der Waals surface area contributed by atoms with Crippen molar-refractivity contribution in [2.45, 2.75) is 0 Å². The van der Waals surface area contributed by atoms with E-state index >= 15 is 0 Å². The van der Waals surface area contributed by atoms with Crippen molar-refractivity contribution in [1.82, 2.24) is 0 Å². The van der Waals surface area contributed by atoms with Crippen LogP contribution in [-0.2, 0) is 7.05 Å². The van der Waals surface area contributed by atoms with Gasteiger partial charge in [0.25, 0.3) is 0 Å². The first-order valence-electron chi connectivity index (χ1n) is 5.67. The number of pyridine rings is 1. The molecule has 0 aliphatic rings. The number of benzene rings is 1. The number of ether oxygens (including phenoxy) is 1. The Morgan fingerprint density at radius 1 is 1.16 bits per heavy atom. The van der Waals surface area contributed by atoms with Gasteiger partial charge in [-0.1, -0.05) is 15.9 Å². The third-order valence-electron chi connectivity index (χ3n) is 2.72. The van der Waals surface area contributed by atoms with Gasteiger partial charge in [-0.25, -0.2) is 4.57 Å². The Morgan fingerprint density at radius 3 is 2.63 bits per heavy atom. The second kappa shape index (κ2) is 7.65. The molecular formula is C15H16BrINO+. The molecule has 0 aliphatic carbocycles. The highest BCUT2D eigenvalue weighted by atomic mass is 127. The molecule has 0 radical (unpaired) electrons. The van der Waals surface area contributed by atoms with Crippen LogP contribution in [0.2, 0.25) is 0 Å². The fraction of sp³-hybridized carbons (Fsp3) is 0.133. The van der Waals surface area contributed by atoms with Crippen LogP contribution in [0.3, 0.4) is 0 Å². The normalized spacial score (nSPS) is 10.3. The van der Waals surface area contributed by atoms with Crippen molar-refractivity contribution in [1.29, 1.82) is 0 Å². The molecule has 0 amide bonds. The summed E-state index contributed by atoms with van der Waals surface area (Å²) >= 11 is 3.47. The van der Waals surface area contributed by atoms with Gasteiger partial charge in [-0.2, -0.15) is 0 Å². The van der Waals surface area contributed by atoms with Crippen LogP contribution in [0, 0.1) is 0 Å². The van der Waals surface area contributed by atoms with Gasteiger partial charge in [-0.3, -0.25) is 0 Å². The van der Waals surface area contributed by atoms with Crippen LogP contribution in [-0.4, -0.2) is 7.11 Å². The lowest BCUT2D eigenvalue weighted by Gasteiger charge is -2.04. The minimum Gasteiger partial charge on any atom is -0.496 e. The molecular weight excluding hydrogens is 417 g/mol. The maximum Gasteiger partial charge on any atom is 0.204 e. The van der Waals surface area contributed by atoms with Gasteiger partial charge in [0.1, 0.15) is 12.8 Å². The summed E-state index contributed by atoms with van der Waals surface area (Å²) in [6, 6.07) is 12.1. The number of hydrogen-bond acceptors (Lipinski definition) is 1. The molecule has 0 fully saturated rings. The number of rotatable bonds is 3. The zero-order valence-corrected chi connectivity index (χ0v) is 14.8. The van der Waals surface area contributed by atoms with Crippen molar-refractivity contribution in [3.63, 3.8) is 0 Å². The number of methoxy groups -OCH3 is 1. The first kappa shape index (κ1) is 16.2. The molecule has 4 heteroatoms. The van der Waals surface area contributed by atoms with Crippen molar-refractivity contribution in [3.8, 4) is 5.75 Å². The van der Waals surface area contributed by atoms with Crippen LogP contribution >= 0.6 is 39.9 Å². The number of nitrogens with zero attached hydrogens (tertiary/aromatic N) is 1. The monoisotopic (exact) mass is 432 g/mol. The zero-order chi connectivity index (χ0) is 13.0. The van der Waals surface area contributed by atoms with E-state index in [2.05, 4.69) is 38.7 Å². The van der Waals surface area contributed by atoms with E-state index in [1.165, 1.54) is 0 Å². The van der Waals surface area contributed by atoms with Crippen molar-refractivity contribution in [3.05, 3.63) is 58.3 Å². The van der Waals surface area contributed by atoms with Crippen molar-refractivity contribution in [2.75, 3.05) is 7.11 Å². The summed E-state index contributed by atoms with van der Waals surface area (Å²) in [6.07, 6.45) is 6.15. The molecule has 1 aromatic heterocycles. The lowest BCUT2D eigenvalue weighted by atomic mass is 10.1. The van der Waals surface area contributed by atoms with Crippen LogP contribution in [0.25, 0.3) is 12.2 Å². The topological polar surface area (TPSA) is 13.1 Å². The molecule has 2 rings (SSSR count). The van der Waals surface area contributed by atoms with Gasteiger partial charge in [0.05, 0.1) is 7.11 Å². The first-order valence-corrected chi connectivity index (χ1v) is 6.46. The molecule has 0 unspecified atom stereocenters. The molecule has 0 aliphatic heterocycles. The Labute approximate surface area is 139 Å². The van der Waals surface area contributed by atoms with Crippen LogP contribution < -0.4 is 9.30 Å². The number of aryl methyl sites for hydroxylation is 1. The maximum atomic E-state index is 5.34. The van der Waals surface area contributed by atoms with Crippen LogP contribution in [0.15, 0.2) is 47.1 Å². The summed E-state index contributed by atoms with van der Waals surface area (Å²) in [4.78, 5) is 0. The van der Waals surface area contributed by atoms with Crippen molar-refractivity contribution < 1.29 is 9.30 Å². The van der Waals surface area contributed by atoms with E-state index in [-0.39, 0.29) is 24.0 Å². The third kappa shape index (κ3) is 4.31. The number of halogens is 2. The van der Waals surface area contributed by atoms with Gasteiger partial charge in [-0.05, 0) is 30.3 Å². The Hall–Kier alpha value is -0.880. The lowest BCUT2D eigenvalue weighted by Crippen LogP contribution is -2.30. The predicted octanol–water partition coefficient (Wildman–Crippen LogP) is 4.07. The quantitative estimate of drug-likeness (QED) is 0.526. The zero-order valence-electron chi connectivity index (χ0n) is 10.8. The highest BCUT2D eigenvalue weighted by molar-refractivity contribution is 14.0. The molecule has 0 atom stereocenters. The van der Waals surface area contributed by atoms with Gasteiger partial charge in [0.15, 0.2) is 6.20 Å². The summed E-state index contributed by atoms with van der Waals surface area (Å²) in [5.41, 5.74) is 2.19. The molecule has 19 heavy (non-hydrogen) atoms. The van der Waals surface area contributed by atoms with E-state index in [4.69, 9.17) is 4.74 Å². The number of hydrogen-bond donors (Lipinski definition) is 0. The molecule has 1 aromatic carbocycles. The van der Waals surface area contributed by atoms with Crippen LogP contribution in [0.4, 0.5) is 0 Å². The molecule has 100 valence electrons. The highest BCUT2D eigenvalue weighted by Gasteiger charge is 2.02. The van der Waals surface area contributed by atoms with Crippen molar-refractivity contribution in [2.24, 2.45) is 7.05 Å². The SMILES string of the molecule is COc1ccc(Br)cc1/C=C/c1cccc[n+]1C.I. The van der Waals surface area contributed by atoms with E-state index < -0.39 is 0 Å². The lowest BCUT2D eigenvalue weighted by molar-refractivity contribution is -0.673. The third-order valence-corrected chi connectivity index (χ3v) is 3.21. The van der Waals surface area contributed by atoms with E-state index in [9.17, 15) is 0 Å². The summed E-state index contributed by atoms with van der Waals surface area (Å²) in [5, 5.41) is 0. The molecule has 0 saturated carbocycles. The largest absolute Gasteiger partial charge is 0.496 e. The fourth-order valence-corrected chi connectivity index (χ4v) is 2.10. The van der Waals surface area contributed by atoms with Gasteiger partial charge < -0.3 is 4.74 Å². The average molecular weight is 433 g/mol. The number of aromatic nitrogens is 1. The van der Waals surface area contributed by atoms with Crippen LogP contribution in [0.5, 0.6) is 5.75 Å². The highest BCUT2D eigenvalue weighted by Crippen LogP contribution is 2.24. The molecule has 0 N–H and O–H groups in total. The Bertz CT molecular complexity index is 584. The summed E-state index contributed by atoms with van der Waals surface area (Å²) in [5.74, 6) is 0.869. The Morgan fingerprint density at radius 2 is 1.95 bits per heavy atom. The van der Waals surface area contributed by atoms with E-state index in [0.29, 0.717) is 0 Å². The van der Waals surface area contributed by atoms with Gasteiger partial charge in [-0.15, -0.1) is 24.0 Å². The standard InChI is InChI=1S/C15H15BrNO.HI/c1-17-10-4-3-5-14(17)8-6-12-11-13(16)7-9-15(12)18-2;/h3-11H,1-2H3;1H/q+1;/b8-6+;. The fourth-order valence-electron chi connectivity index (χ4n) is 1.72. The second-order valence-electron chi connectivity index (χ2n) is 3.96. The van der Waals surface area contributed by atoms with Gasteiger partial charge >= 0.3 is 0 Å². The van der Waals surface area contributed by atoms with E-state index in [1.54, 1.807) is 7.11 Å². The maximum absolute atomic E-state index is 5.34. The van der Waals surface area contributed by atoms with E-state index in [1.807, 2.05) is 43.6 Å². The molecule has 0 spiro atoms. The summed E-state index contributed by atoms with van der Waals surface area (Å²) < 4.78 is 8.45. The minimum absolute atomic E-state index is 0. The smallest absolute Gasteiger partial charge is 0.204 e. The van der Waals surface area contributed by atoms with Gasteiger partial charge in [0.2, 0.25) is 5.69 Å². The van der Waals surface area contributed by atoms with E-state index in [0.717, 1.165) is 21.5 Å². The molecule has 2 nitrogen and oxygen atoms in total. The second-order valence-corrected chi connectivity index (χ2v) is 4.87. The predicted molar refractivity (Wildman–Crippen MR) is 92.7 cm³/mol. The summed E-state index contributed by atoms with van der Waals surface area (Å²) in [7, 11) is 3.71.